The Balaban J connectivity index is 2.17. The van der Waals surface area contributed by atoms with E-state index in [1.807, 2.05) is 0 Å². The Bertz CT molecular complexity index is 394. The summed E-state index contributed by atoms with van der Waals surface area (Å²) in [5, 5.41) is 3.67. The topological polar surface area (TPSA) is 15.3 Å². The van der Waals surface area contributed by atoms with Gasteiger partial charge < -0.3 is 10.2 Å². The number of benzene rings is 1. The van der Waals surface area contributed by atoms with E-state index in [1.165, 1.54) is 5.69 Å². The van der Waals surface area contributed by atoms with Crippen LogP contribution in [0, 0.1) is 5.41 Å². The summed E-state index contributed by atoms with van der Waals surface area (Å²) in [7, 11) is 0. The van der Waals surface area contributed by atoms with Gasteiger partial charge in [-0.15, -0.1) is 0 Å². The average molecular weight is 311 g/mol. The number of halogens is 1. The smallest absolute Gasteiger partial charge is 0.0387 e. The summed E-state index contributed by atoms with van der Waals surface area (Å²) in [6.07, 6.45) is 0. The van der Waals surface area contributed by atoms with Crippen LogP contribution in [0.4, 0.5) is 5.69 Å². The van der Waals surface area contributed by atoms with Gasteiger partial charge in [0.15, 0.2) is 0 Å². The van der Waals surface area contributed by atoms with Gasteiger partial charge >= 0.3 is 0 Å². The van der Waals surface area contributed by atoms with Crippen LogP contribution in [0.25, 0.3) is 0 Å². The molecule has 0 radical (unpaired) electrons. The summed E-state index contributed by atoms with van der Waals surface area (Å²) < 4.78 is 1.14. The average Bonchev–Trinajstić information content (AvgIpc) is 2.29. The van der Waals surface area contributed by atoms with Crippen LogP contribution < -0.4 is 10.2 Å². The molecule has 0 bridgehead atoms. The van der Waals surface area contributed by atoms with E-state index in [9.17, 15) is 0 Å². The van der Waals surface area contributed by atoms with Crippen molar-refractivity contribution in [1.82, 2.24) is 5.32 Å². The Labute approximate surface area is 119 Å². The van der Waals surface area contributed by atoms with E-state index in [1.54, 1.807) is 0 Å². The maximum absolute atomic E-state index is 3.67. The highest BCUT2D eigenvalue weighted by Gasteiger charge is 2.32. The van der Waals surface area contributed by atoms with Crippen LogP contribution in [0.15, 0.2) is 28.7 Å². The van der Waals surface area contributed by atoms with Gasteiger partial charge in [0.1, 0.15) is 0 Å². The minimum Gasteiger partial charge on any atom is -0.366 e. The van der Waals surface area contributed by atoms with Gasteiger partial charge in [-0.25, -0.2) is 0 Å². The summed E-state index contributed by atoms with van der Waals surface area (Å²) in [5.74, 6) is 0. The second kappa shape index (κ2) is 5.22. The lowest BCUT2D eigenvalue weighted by molar-refractivity contribution is 0.239. The van der Waals surface area contributed by atoms with Crippen LogP contribution >= 0.6 is 15.9 Å². The lowest BCUT2D eigenvalue weighted by atomic mass is 9.84. The third-order valence-corrected chi connectivity index (χ3v) is 4.30. The van der Waals surface area contributed by atoms with Crippen molar-refractivity contribution < 1.29 is 0 Å². The highest BCUT2D eigenvalue weighted by molar-refractivity contribution is 9.10. The fourth-order valence-corrected chi connectivity index (χ4v) is 2.70. The van der Waals surface area contributed by atoms with Crippen LogP contribution in [0.3, 0.4) is 0 Å². The van der Waals surface area contributed by atoms with Gasteiger partial charge in [-0.3, -0.25) is 0 Å². The molecule has 1 aromatic rings. The largest absolute Gasteiger partial charge is 0.366 e. The maximum atomic E-state index is 3.67. The van der Waals surface area contributed by atoms with E-state index < -0.39 is 0 Å². The predicted octanol–water partition coefficient (Wildman–Crippen LogP) is 3.66. The van der Waals surface area contributed by atoms with Crippen molar-refractivity contribution in [3.05, 3.63) is 28.7 Å². The first kappa shape index (κ1) is 13.9. The van der Waals surface area contributed by atoms with E-state index in [-0.39, 0.29) is 0 Å². The molecule has 2 unspecified atom stereocenters. The molecule has 2 nitrogen and oxygen atoms in total. The Morgan fingerprint density at radius 1 is 1.22 bits per heavy atom. The quantitative estimate of drug-likeness (QED) is 0.851. The van der Waals surface area contributed by atoms with Gasteiger partial charge in [-0.1, -0.05) is 36.7 Å². The van der Waals surface area contributed by atoms with E-state index in [4.69, 9.17) is 0 Å². The van der Waals surface area contributed by atoms with Crippen molar-refractivity contribution >= 4 is 21.6 Å². The molecule has 3 heteroatoms. The number of anilines is 1. The van der Waals surface area contributed by atoms with Gasteiger partial charge in [0.25, 0.3) is 0 Å². The summed E-state index contributed by atoms with van der Waals surface area (Å²) in [6.45, 7) is 11.3. The van der Waals surface area contributed by atoms with Gasteiger partial charge in [-0.05, 0) is 36.6 Å². The minimum atomic E-state index is 0.299. The molecule has 1 N–H and O–H groups in total. The maximum Gasteiger partial charge on any atom is 0.0387 e. The number of hydrogen-bond donors (Lipinski definition) is 1. The van der Waals surface area contributed by atoms with E-state index >= 15 is 0 Å². The number of piperazine rings is 1. The zero-order valence-corrected chi connectivity index (χ0v) is 13.3. The standard InChI is InChI=1S/C15H23BrN2/c1-11-9-17-14(15(2,3)4)10-18(11)13-7-5-12(16)6-8-13/h5-8,11,14,17H,9-10H2,1-4H3. The first-order chi connectivity index (χ1) is 8.38. The van der Waals surface area contributed by atoms with Crippen molar-refractivity contribution in [3.8, 4) is 0 Å². The van der Waals surface area contributed by atoms with Gasteiger partial charge in [0.2, 0.25) is 0 Å². The molecule has 0 spiro atoms. The molecule has 1 heterocycles. The Hall–Kier alpha value is -0.540. The molecule has 1 saturated heterocycles. The molecule has 2 rings (SSSR count). The summed E-state index contributed by atoms with van der Waals surface area (Å²) in [6, 6.07) is 9.73. The third kappa shape index (κ3) is 3.07. The molecule has 1 aliphatic rings. The van der Waals surface area contributed by atoms with Crippen LogP contribution in [-0.2, 0) is 0 Å². The molecule has 0 aromatic heterocycles. The van der Waals surface area contributed by atoms with Crippen molar-refractivity contribution in [2.45, 2.75) is 39.8 Å². The molecular weight excluding hydrogens is 288 g/mol. The highest BCUT2D eigenvalue weighted by Crippen LogP contribution is 2.27. The Morgan fingerprint density at radius 3 is 2.39 bits per heavy atom. The molecule has 1 aromatic carbocycles. The van der Waals surface area contributed by atoms with Gasteiger partial charge in [0.05, 0.1) is 0 Å². The van der Waals surface area contributed by atoms with Gasteiger partial charge in [0, 0.05) is 35.3 Å². The third-order valence-electron chi connectivity index (χ3n) is 3.77. The van der Waals surface area contributed by atoms with Crippen LogP contribution in [0.2, 0.25) is 0 Å². The van der Waals surface area contributed by atoms with Crippen molar-refractivity contribution in [3.63, 3.8) is 0 Å². The molecule has 0 aliphatic carbocycles. The normalized spacial score (nSPS) is 25.3. The van der Waals surface area contributed by atoms with Crippen molar-refractivity contribution in [1.29, 1.82) is 0 Å². The summed E-state index contributed by atoms with van der Waals surface area (Å²) in [4.78, 5) is 2.51. The summed E-state index contributed by atoms with van der Waals surface area (Å²) in [5.41, 5.74) is 1.62. The van der Waals surface area contributed by atoms with Gasteiger partial charge in [-0.2, -0.15) is 0 Å². The Morgan fingerprint density at radius 2 is 1.83 bits per heavy atom. The number of hydrogen-bond acceptors (Lipinski definition) is 2. The number of nitrogens with one attached hydrogen (secondary N) is 1. The second-order valence-corrected chi connectivity index (χ2v) is 7.22. The zero-order valence-electron chi connectivity index (χ0n) is 11.7. The predicted molar refractivity (Wildman–Crippen MR) is 82.2 cm³/mol. The zero-order chi connectivity index (χ0) is 13.3. The van der Waals surface area contributed by atoms with E-state index in [0.717, 1.165) is 17.6 Å². The molecule has 18 heavy (non-hydrogen) atoms. The lowest BCUT2D eigenvalue weighted by Gasteiger charge is -2.45. The fraction of sp³-hybridized carbons (Fsp3) is 0.600. The minimum absolute atomic E-state index is 0.299. The van der Waals surface area contributed by atoms with Crippen molar-refractivity contribution in [2.75, 3.05) is 18.0 Å². The van der Waals surface area contributed by atoms with Crippen LogP contribution in [-0.4, -0.2) is 25.2 Å². The number of rotatable bonds is 1. The molecule has 1 fully saturated rings. The second-order valence-electron chi connectivity index (χ2n) is 6.30. The molecule has 2 atom stereocenters. The lowest BCUT2D eigenvalue weighted by Crippen LogP contribution is -2.59. The molecule has 0 saturated carbocycles. The Kier molecular flexibility index (Phi) is 4.02. The SMILES string of the molecule is CC1CNC(C(C)(C)C)CN1c1ccc(Br)cc1. The molecule has 0 amide bonds. The van der Waals surface area contributed by atoms with Crippen molar-refractivity contribution in [2.24, 2.45) is 5.41 Å². The van der Waals surface area contributed by atoms with Crippen LogP contribution in [0.1, 0.15) is 27.7 Å². The highest BCUT2D eigenvalue weighted by atomic mass is 79.9. The summed E-state index contributed by atoms with van der Waals surface area (Å²) >= 11 is 3.50. The van der Waals surface area contributed by atoms with Crippen LogP contribution in [0.5, 0.6) is 0 Å². The number of nitrogens with zero attached hydrogens (tertiary/aromatic N) is 1. The molecule has 1 aliphatic heterocycles. The molecular formula is C15H23BrN2. The van der Waals surface area contributed by atoms with E-state index in [0.29, 0.717) is 17.5 Å². The van der Waals surface area contributed by atoms with E-state index in [2.05, 4.69) is 78.1 Å². The first-order valence-corrected chi connectivity index (χ1v) is 7.43. The molecule has 100 valence electrons. The monoisotopic (exact) mass is 310 g/mol. The first-order valence-electron chi connectivity index (χ1n) is 6.63. The fourth-order valence-electron chi connectivity index (χ4n) is 2.44.